The van der Waals surface area contributed by atoms with Crippen LogP contribution in [-0.2, 0) is 10.2 Å². The number of fused-ring (bicyclic) bond motifs is 1. The highest BCUT2D eigenvalue weighted by molar-refractivity contribution is 8.02. The number of amides is 1. The van der Waals surface area contributed by atoms with Gasteiger partial charge >= 0.3 is 0 Å². The summed E-state index contributed by atoms with van der Waals surface area (Å²) in [5.74, 6) is 3.67. The third kappa shape index (κ3) is 4.86. The van der Waals surface area contributed by atoms with Crippen molar-refractivity contribution in [2.45, 2.75) is 69.2 Å². The Morgan fingerprint density at radius 2 is 1.89 bits per heavy atom. The van der Waals surface area contributed by atoms with Crippen molar-refractivity contribution in [3.63, 3.8) is 0 Å². The van der Waals surface area contributed by atoms with Crippen LogP contribution >= 0.6 is 23.5 Å². The summed E-state index contributed by atoms with van der Waals surface area (Å²) in [5.41, 5.74) is 1.35. The number of rotatable bonds is 4. The molecule has 5 heterocycles. The minimum atomic E-state index is -0.260. The fraction of sp³-hybridized carbons (Fsp3) is 0.615. The van der Waals surface area contributed by atoms with Crippen LogP contribution in [0.25, 0.3) is 0 Å². The van der Waals surface area contributed by atoms with E-state index in [1.54, 1.807) is 24.2 Å². The molecule has 3 aliphatic heterocycles. The van der Waals surface area contributed by atoms with Crippen molar-refractivity contribution < 1.29 is 4.79 Å². The molecule has 37 heavy (non-hydrogen) atoms. The second-order valence-electron chi connectivity index (χ2n) is 10.2. The van der Waals surface area contributed by atoms with Crippen molar-refractivity contribution >= 4 is 46.9 Å². The monoisotopic (exact) mass is 540 g/mol. The van der Waals surface area contributed by atoms with E-state index in [4.69, 9.17) is 4.98 Å². The molecule has 9 nitrogen and oxygen atoms in total. The van der Waals surface area contributed by atoms with Crippen molar-refractivity contribution in [1.29, 1.82) is 5.26 Å². The van der Waals surface area contributed by atoms with Gasteiger partial charge in [0.05, 0.1) is 10.3 Å². The van der Waals surface area contributed by atoms with Crippen LogP contribution in [0.5, 0.6) is 0 Å². The number of carbonyl (C=O) groups excluding carboxylic acids is 1. The quantitative estimate of drug-likeness (QED) is 0.523. The van der Waals surface area contributed by atoms with Crippen LogP contribution in [0.1, 0.15) is 59.1 Å². The average molecular weight is 541 g/mol. The number of piperazine rings is 1. The SMILES string of the molecule is CC.CSc1nnc(N2CC(C)(C)c3c(N4CCN(C(=O)[C@]5(C)CCS5)C(C)C4)ncnc32)cc1C#N. The molecule has 5 rings (SSSR count). The fourth-order valence-electron chi connectivity index (χ4n) is 5.22. The second-order valence-corrected chi connectivity index (χ2v) is 12.6. The Hall–Kier alpha value is -2.58. The first-order valence-corrected chi connectivity index (χ1v) is 15.0. The first kappa shape index (κ1) is 27.5. The minimum absolute atomic E-state index is 0.101. The lowest BCUT2D eigenvalue weighted by atomic mass is 9.87. The standard InChI is InChI=1S/C24H30N8OS2.C2H6/c1-15-12-30(7-8-31(15)22(33)24(4)6-9-35-24)19-18-20(27-14-26-19)32(13-23(18,2)3)17-10-16(11-25)21(34-5)29-28-17;1-2/h10,14-15H,6-9,12-13H2,1-5H3;1-2H3/t15?,24-;/m0./s1. The van der Waals surface area contributed by atoms with Crippen LogP contribution in [-0.4, -0.2) is 79.9 Å². The number of anilines is 3. The van der Waals surface area contributed by atoms with Gasteiger partial charge in [0, 0.05) is 49.3 Å². The van der Waals surface area contributed by atoms with Crippen molar-refractivity contribution in [2.24, 2.45) is 0 Å². The van der Waals surface area contributed by atoms with Gasteiger partial charge in [0.15, 0.2) is 5.82 Å². The van der Waals surface area contributed by atoms with Crippen LogP contribution in [0.15, 0.2) is 17.4 Å². The highest BCUT2D eigenvalue weighted by atomic mass is 32.2. The van der Waals surface area contributed by atoms with Gasteiger partial charge in [0.1, 0.15) is 29.1 Å². The summed E-state index contributed by atoms with van der Waals surface area (Å²) in [5, 5.41) is 18.9. The number of thioether (sulfide) groups is 2. The van der Waals surface area contributed by atoms with Gasteiger partial charge in [-0.2, -0.15) is 5.26 Å². The predicted molar refractivity (Wildman–Crippen MR) is 151 cm³/mol. The second kappa shape index (κ2) is 10.7. The molecule has 2 aromatic heterocycles. The number of nitrogens with zero attached hydrogens (tertiary/aromatic N) is 8. The molecular weight excluding hydrogens is 504 g/mol. The average Bonchev–Trinajstić information content (AvgIpc) is 3.18. The molecule has 2 atom stereocenters. The van der Waals surface area contributed by atoms with Gasteiger partial charge in [0.25, 0.3) is 0 Å². The molecule has 0 radical (unpaired) electrons. The summed E-state index contributed by atoms with van der Waals surface area (Å²) in [6.45, 7) is 15.4. The number of carbonyl (C=O) groups is 1. The summed E-state index contributed by atoms with van der Waals surface area (Å²) < 4.78 is -0.260. The molecule has 2 fully saturated rings. The molecule has 0 bridgehead atoms. The Morgan fingerprint density at radius 1 is 1.19 bits per heavy atom. The molecule has 3 aliphatic rings. The Labute approximate surface area is 228 Å². The van der Waals surface area contributed by atoms with Gasteiger partial charge in [-0.25, -0.2) is 9.97 Å². The summed E-state index contributed by atoms with van der Waals surface area (Å²) >= 11 is 3.17. The molecule has 0 spiro atoms. The van der Waals surface area contributed by atoms with E-state index in [1.165, 1.54) is 11.8 Å². The normalized spacial score (nSPS) is 23.9. The Kier molecular flexibility index (Phi) is 7.91. The van der Waals surface area contributed by atoms with Gasteiger partial charge < -0.3 is 14.7 Å². The maximum atomic E-state index is 13.2. The molecule has 2 aromatic rings. The third-order valence-corrected chi connectivity index (χ3v) is 9.38. The van der Waals surface area contributed by atoms with Crippen LogP contribution in [0, 0.1) is 11.3 Å². The van der Waals surface area contributed by atoms with Gasteiger partial charge in [-0.1, -0.05) is 27.7 Å². The molecular formula is C26H36N8OS2. The van der Waals surface area contributed by atoms with E-state index in [1.807, 2.05) is 29.9 Å². The summed E-state index contributed by atoms with van der Waals surface area (Å²) in [4.78, 5) is 28.9. The molecule has 1 amide bonds. The van der Waals surface area contributed by atoms with E-state index < -0.39 is 0 Å². The maximum absolute atomic E-state index is 13.2. The molecule has 0 aliphatic carbocycles. The van der Waals surface area contributed by atoms with Crippen LogP contribution in [0.3, 0.4) is 0 Å². The minimum Gasteiger partial charge on any atom is -0.352 e. The molecule has 0 N–H and O–H groups in total. The van der Waals surface area contributed by atoms with Gasteiger partial charge in [0.2, 0.25) is 5.91 Å². The van der Waals surface area contributed by atoms with E-state index in [0.717, 1.165) is 42.5 Å². The maximum Gasteiger partial charge on any atom is 0.238 e. The van der Waals surface area contributed by atoms with E-state index >= 15 is 0 Å². The summed E-state index contributed by atoms with van der Waals surface area (Å²) in [6, 6.07) is 4.12. The molecule has 2 saturated heterocycles. The molecule has 11 heteroatoms. The van der Waals surface area contributed by atoms with Crippen molar-refractivity contribution in [2.75, 3.05) is 48.0 Å². The summed E-state index contributed by atoms with van der Waals surface area (Å²) in [6.07, 6.45) is 4.45. The largest absolute Gasteiger partial charge is 0.352 e. The number of hydrogen-bond donors (Lipinski definition) is 0. The van der Waals surface area contributed by atoms with Crippen LogP contribution < -0.4 is 9.80 Å². The zero-order chi connectivity index (χ0) is 27.0. The van der Waals surface area contributed by atoms with Gasteiger partial charge in [-0.05, 0) is 32.3 Å². The van der Waals surface area contributed by atoms with E-state index in [2.05, 4.69) is 53.8 Å². The fourth-order valence-corrected chi connectivity index (χ4v) is 6.73. The highest BCUT2D eigenvalue weighted by Crippen LogP contribution is 2.47. The third-order valence-electron chi connectivity index (χ3n) is 7.27. The van der Waals surface area contributed by atoms with E-state index in [-0.39, 0.29) is 22.1 Å². The van der Waals surface area contributed by atoms with E-state index in [0.29, 0.717) is 29.5 Å². The molecule has 1 unspecified atom stereocenters. The number of hydrogen-bond acceptors (Lipinski definition) is 10. The van der Waals surface area contributed by atoms with Crippen LogP contribution in [0.2, 0.25) is 0 Å². The lowest BCUT2D eigenvalue weighted by Gasteiger charge is -2.46. The van der Waals surface area contributed by atoms with E-state index in [9.17, 15) is 10.1 Å². The lowest BCUT2D eigenvalue weighted by molar-refractivity contribution is -0.136. The zero-order valence-corrected chi connectivity index (χ0v) is 24.4. The van der Waals surface area contributed by atoms with Gasteiger partial charge in [-0.3, -0.25) is 4.79 Å². The Balaban J connectivity index is 0.00000156. The summed E-state index contributed by atoms with van der Waals surface area (Å²) in [7, 11) is 0. The smallest absolute Gasteiger partial charge is 0.238 e. The van der Waals surface area contributed by atoms with Crippen molar-refractivity contribution in [1.82, 2.24) is 25.1 Å². The van der Waals surface area contributed by atoms with Crippen LogP contribution in [0.4, 0.5) is 17.5 Å². The predicted octanol–water partition coefficient (Wildman–Crippen LogP) is 4.25. The van der Waals surface area contributed by atoms with Crippen molar-refractivity contribution in [3.8, 4) is 6.07 Å². The Bertz CT molecular complexity index is 1210. The van der Waals surface area contributed by atoms with Gasteiger partial charge in [-0.15, -0.1) is 33.7 Å². The lowest BCUT2D eigenvalue weighted by Crippen LogP contribution is -2.60. The first-order chi connectivity index (χ1) is 17.7. The Morgan fingerprint density at radius 3 is 2.49 bits per heavy atom. The number of aromatic nitrogens is 4. The molecule has 0 saturated carbocycles. The van der Waals surface area contributed by atoms with Crippen molar-refractivity contribution in [3.05, 3.63) is 23.5 Å². The number of nitriles is 1. The molecule has 198 valence electrons. The topological polar surface area (TPSA) is 102 Å². The highest BCUT2D eigenvalue weighted by Gasteiger charge is 2.46. The zero-order valence-electron chi connectivity index (χ0n) is 22.8. The first-order valence-electron chi connectivity index (χ1n) is 12.8. The molecule has 0 aromatic carbocycles.